The van der Waals surface area contributed by atoms with Crippen molar-refractivity contribution >= 4 is 0 Å². The van der Waals surface area contributed by atoms with E-state index in [-0.39, 0.29) is 0 Å². The zero-order valence-electron chi connectivity index (χ0n) is 12.0. The lowest BCUT2D eigenvalue weighted by Crippen LogP contribution is -2.15. The Labute approximate surface area is 120 Å². The topological polar surface area (TPSA) is 29.9 Å². The molecule has 1 aromatic heterocycles. The van der Waals surface area contributed by atoms with Gasteiger partial charge in [0.15, 0.2) is 0 Å². The Morgan fingerprint density at radius 1 is 1.20 bits per heavy atom. The first-order chi connectivity index (χ1) is 9.79. The van der Waals surface area contributed by atoms with Gasteiger partial charge in [-0.25, -0.2) is 4.68 Å². The van der Waals surface area contributed by atoms with Gasteiger partial charge in [-0.1, -0.05) is 12.1 Å². The van der Waals surface area contributed by atoms with Gasteiger partial charge in [0, 0.05) is 24.7 Å². The number of aryl methyl sites for hydroxylation is 1. The molecule has 3 nitrogen and oxygen atoms in total. The molecule has 2 aliphatic rings. The minimum absolute atomic E-state index is 0.721. The van der Waals surface area contributed by atoms with Crippen LogP contribution in [-0.4, -0.2) is 15.8 Å². The first-order valence-corrected chi connectivity index (χ1v) is 7.68. The molecule has 0 atom stereocenters. The van der Waals surface area contributed by atoms with E-state index in [4.69, 9.17) is 5.10 Å². The van der Waals surface area contributed by atoms with E-state index in [9.17, 15) is 0 Å². The summed E-state index contributed by atoms with van der Waals surface area (Å²) in [6.45, 7) is 3.16. The van der Waals surface area contributed by atoms with Gasteiger partial charge in [0.2, 0.25) is 0 Å². The van der Waals surface area contributed by atoms with Gasteiger partial charge < -0.3 is 5.32 Å². The normalized spacial score (nSPS) is 18.4. The molecule has 0 aliphatic heterocycles. The second kappa shape index (κ2) is 4.74. The minimum Gasteiger partial charge on any atom is -0.310 e. The van der Waals surface area contributed by atoms with Gasteiger partial charge in [-0.3, -0.25) is 0 Å². The molecule has 0 saturated heterocycles. The molecule has 20 heavy (non-hydrogen) atoms. The van der Waals surface area contributed by atoms with Gasteiger partial charge >= 0.3 is 0 Å². The Morgan fingerprint density at radius 3 is 2.75 bits per heavy atom. The zero-order valence-corrected chi connectivity index (χ0v) is 12.0. The van der Waals surface area contributed by atoms with Crippen LogP contribution in [0.4, 0.5) is 0 Å². The van der Waals surface area contributed by atoms with E-state index in [1.165, 1.54) is 48.2 Å². The zero-order chi connectivity index (χ0) is 13.5. The summed E-state index contributed by atoms with van der Waals surface area (Å²) in [6, 6.07) is 9.63. The first-order valence-electron chi connectivity index (χ1n) is 7.68. The largest absolute Gasteiger partial charge is 0.310 e. The predicted octanol–water partition coefficient (Wildman–Crippen LogP) is 3.31. The molecule has 2 saturated carbocycles. The highest BCUT2D eigenvalue weighted by molar-refractivity contribution is 5.42. The van der Waals surface area contributed by atoms with E-state index in [1.807, 2.05) is 4.68 Å². The van der Waals surface area contributed by atoms with Crippen LogP contribution in [0.25, 0.3) is 5.69 Å². The quantitative estimate of drug-likeness (QED) is 0.900. The third-order valence-corrected chi connectivity index (χ3v) is 4.29. The maximum atomic E-state index is 4.72. The van der Waals surface area contributed by atoms with Crippen LogP contribution in [0.1, 0.15) is 48.4 Å². The molecular weight excluding hydrogens is 246 g/mol. The van der Waals surface area contributed by atoms with Gasteiger partial charge in [-0.2, -0.15) is 5.10 Å². The van der Waals surface area contributed by atoms with Crippen molar-refractivity contribution in [2.24, 2.45) is 0 Å². The molecule has 2 fully saturated rings. The van der Waals surface area contributed by atoms with Crippen LogP contribution in [0, 0.1) is 6.92 Å². The van der Waals surface area contributed by atoms with Crippen molar-refractivity contribution < 1.29 is 0 Å². The van der Waals surface area contributed by atoms with E-state index in [1.54, 1.807) is 0 Å². The summed E-state index contributed by atoms with van der Waals surface area (Å²) in [7, 11) is 0. The van der Waals surface area contributed by atoms with Crippen LogP contribution >= 0.6 is 0 Å². The molecule has 0 amide bonds. The average Bonchev–Trinajstić information content (AvgIpc) is 3.37. The van der Waals surface area contributed by atoms with Gasteiger partial charge in [-0.15, -0.1) is 0 Å². The summed E-state index contributed by atoms with van der Waals surface area (Å²) in [5, 5.41) is 8.28. The maximum absolute atomic E-state index is 4.72. The van der Waals surface area contributed by atoms with Gasteiger partial charge in [-0.05, 0) is 55.9 Å². The Bertz CT molecular complexity index is 621. The number of hydrogen-bond acceptors (Lipinski definition) is 2. The SMILES string of the molecule is Cc1cc(CNC2CC2)ccc1-n1ccc(C2CC2)n1. The fourth-order valence-corrected chi connectivity index (χ4v) is 2.70. The number of rotatable bonds is 5. The predicted molar refractivity (Wildman–Crippen MR) is 80.1 cm³/mol. The molecule has 104 valence electrons. The highest BCUT2D eigenvalue weighted by atomic mass is 15.3. The van der Waals surface area contributed by atoms with Crippen molar-refractivity contribution in [2.75, 3.05) is 0 Å². The second-order valence-electron chi connectivity index (χ2n) is 6.24. The van der Waals surface area contributed by atoms with Crippen LogP contribution in [-0.2, 0) is 6.54 Å². The molecule has 4 rings (SSSR count). The van der Waals surface area contributed by atoms with Gasteiger partial charge in [0.25, 0.3) is 0 Å². The third-order valence-electron chi connectivity index (χ3n) is 4.29. The Hall–Kier alpha value is -1.61. The van der Waals surface area contributed by atoms with E-state index >= 15 is 0 Å². The number of hydrogen-bond donors (Lipinski definition) is 1. The molecule has 0 radical (unpaired) electrons. The number of aromatic nitrogens is 2. The average molecular weight is 267 g/mol. The van der Waals surface area contributed by atoms with Gasteiger partial charge in [0.05, 0.1) is 11.4 Å². The highest BCUT2D eigenvalue weighted by Crippen LogP contribution is 2.39. The smallest absolute Gasteiger partial charge is 0.0675 e. The molecule has 1 aromatic carbocycles. The van der Waals surface area contributed by atoms with Crippen molar-refractivity contribution in [3.63, 3.8) is 0 Å². The van der Waals surface area contributed by atoms with Crippen molar-refractivity contribution in [1.29, 1.82) is 0 Å². The monoisotopic (exact) mass is 267 g/mol. The van der Waals surface area contributed by atoms with Crippen molar-refractivity contribution in [2.45, 2.75) is 51.1 Å². The maximum Gasteiger partial charge on any atom is 0.0675 e. The molecule has 0 spiro atoms. The fourth-order valence-electron chi connectivity index (χ4n) is 2.70. The van der Waals surface area contributed by atoms with E-state index in [0.29, 0.717) is 0 Å². The molecule has 3 heteroatoms. The standard InChI is InChI=1S/C17H21N3/c1-12-10-13(11-18-15-5-6-15)2-7-17(12)20-9-8-16(19-20)14-3-4-14/h2,7-10,14-15,18H,3-6,11H2,1H3. The van der Waals surface area contributed by atoms with Crippen LogP contribution in [0.15, 0.2) is 30.5 Å². The van der Waals surface area contributed by atoms with Crippen LogP contribution in [0.2, 0.25) is 0 Å². The molecule has 0 bridgehead atoms. The summed E-state index contributed by atoms with van der Waals surface area (Å²) >= 11 is 0. The van der Waals surface area contributed by atoms with Crippen LogP contribution < -0.4 is 5.32 Å². The van der Waals surface area contributed by atoms with E-state index in [0.717, 1.165) is 18.5 Å². The van der Waals surface area contributed by atoms with Gasteiger partial charge in [0.1, 0.15) is 0 Å². The number of benzene rings is 1. The molecule has 0 unspecified atom stereocenters. The molecule has 2 aromatic rings. The molecule has 1 heterocycles. The summed E-state index contributed by atoms with van der Waals surface area (Å²) in [6.07, 6.45) is 7.39. The van der Waals surface area contributed by atoms with Crippen molar-refractivity contribution in [3.8, 4) is 5.69 Å². The lowest BCUT2D eigenvalue weighted by molar-refractivity contribution is 0.687. The van der Waals surface area contributed by atoms with Crippen LogP contribution in [0.5, 0.6) is 0 Å². The molecule has 2 aliphatic carbocycles. The molecular formula is C17H21N3. The Kier molecular flexibility index (Phi) is 2.88. The van der Waals surface area contributed by atoms with E-state index < -0.39 is 0 Å². The third kappa shape index (κ3) is 2.50. The lowest BCUT2D eigenvalue weighted by Gasteiger charge is -2.09. The molecule has 1 N–H and O–H groups in total. The van der Waals surface area contributed by atoms with Crippen molar-refractivity contribution in [1.82, 2.24) is 15.1 Å². The number of nitrogens with one attached hydrogen (secondary N) is 1. The number of nitrogens with zero attached hydrogens (tertiary/aromatic N) is 2. The Balaban J connectivity index is 1.53. The highest BCUT2D eigenvalue weighted by Gasteiger charge is 2.26. The second-order valence-corrected chi connectivity index (χ2v) is 6.24. The Morgan fingerprint density at radius 2 is 2.05 bits per heavy atom. The minimum atomic E-state index is 0.721. The first kappa shape index (κ1) is 12.2. The fraction of sp³-hybridized carbons (Fsp3) is 0.471. The van der Waals surface area contributed by atoms with Crippen LogP contribution in [0.3, 0.4) is 0 Å². The summed E-state index contributed by atoms with van der Waals surface area (Å²) in [5.74, 6) is 0.721. The lowest BCUT2D eigenvalue weighted by atomic mass is 10.1. The summed E-state index contributed by atoms with van der Waals surface area (Å²) < 4.78 is 2.03. The summed E-state index contributed by atoms with van der Waals surface area (Å²) in [4.78, 5) is 0. The van der Waals surface area contributed by atoms with Crippen molar-refractivity contribution in [3.05, 3.63) is 47.3 Å². The summed E-state index contributed by atoms with van der Waals surface area (Å²) in [5.41, 5.74) is 5.12. The van der Waals surface area contributed by atoms with E-state index in [2.05, 4.69) is 42.7 Å².